The first-order valence-corrected chi connectivity index (χ1v) is 9.59. The molecule has 0 amide bonds. The summed E-state index contributed by atoms with van der Waals surface area (Å²) in [6.45, 7) is 9.14. The largest absolute Gasteiger partial charge is 0.357 e. The number of hydrogen-bond donors (Lipinski definition) is 2. The molecule has 2 heterocycles. The number of fused-ring (bicyclic) bond motifs is 1. The first kappa shape index (κ1) is 19.2. The average molecular weight is 345 g/mol. The van der Waals surface area contributed by atoms with Gasteiger partial charge in [0.25, 0.3) is 0 Å². The first-order chi connectivity index (χ1) is 12.3. The Hall–Kier alpha value is -2.11. The molecule has 138 valence electrons. The molecular formula is C19H32N6. The monoisotopic (exact) mass is 344 g/mol. The Bertz CT molecular complexity index is 648. The van der Waals surface area contributed by atoms with Gasteiger partial charge in [0.1, 0.15) is 5.82 Å². The molecule has 6 heteroatoms. The van der Waals surface area contributed by atoms with Crippen LogP contribution in [0.3, 0.4) is 0 Å². The molecule has 2 N–H and O–H groups in total. The summed E-state index contributed by atoms with van der Waals surface area (Å²) < 4.78 is 2.03. The third-order valence-corrected chi connectivity index (χ3v) is 4.42. The summed E-state index contributed by atoms with van der Waals surface area (Å²) in [7, 11) is 0. The van der Waals surface area contributed by atoms with Crippen molar-refractivity contribution in [3.05, 3.63) is 30.2 Å². The van der Waals surface area contributed by atoms with Crippen molar-refractivity contribution < 1.29 is 0 Å². The number of guanidine groups is 1. The van der Waals surface area contributed by atoms with Crippen molar-refractivity contribution in [2.45, 2.75) is 52.9 Å². The molecular weight excluding hydrogens is 312 g/mol. The Morgan fingerprint density at radius 2 is 2.08 bits per heavy atom. The second kappa shape index (κ2) is 10.7. The second-order valence-electron chi connectivity index (χ2n) is 6.36. The number of pyridine rings is 1. The SMILES string of the molecule is CCCCC(CC)CN=C(NCC)NCCc1nnc2ccccn12. The zero-order chi connectivity index (χ0) is 17.9. The minimum absolute atomic E-state index is 0.677. The van der Waals surface area contributed by atoms with Crippen LogP contribution in [0.25, 0.3) is 5.65 Å². The fraction of sp³-hybridized carbons (Fsp3) is 0.632. The molecule has 1 atom stereocenters. The van der Waals surface area contributed by atoms with Gasteiger partial charge in [-0.3, -0.25) is 9.39 Å². The third kappa shape index (κ3) is 6.03. The molecule has 2 aromatic rings. The minimum atomic E-state index is 0.677. The summed E-state index contributed by atoms with van der Waals surface area (Å²) in [5, 5.41) is 15.2. The molecule has 0 aliphatic carbocycles. The standard InChI is InChI=1S/C19H32N6/c1-4-7-10-16(5-2)15-22-19(20-6-3)21-13-12-18-24-23-17-11-8-9-14-25(17)18/h8-9,11,14,16H,4-7,10,12-13,15H2,1-3H3,(H2,20,21,22). The lowest BCUT2D eigenvalue weighted by Crippen LogP contribution is -2.38. The van der Waals surface area contributed by atoms with Crippen LogP contribution in [0.2, 0.25) is 0 Å². The van der Waals surface area contributed by atoms with Crippen LogP contribution in [0.15, 0.2) is 29.4 Å². The first-order valence-electron chi connectivity index (χ1n) is 9.59. The molecule has 0 aliphatic rings. The number of unbranched alkanes of at least 4 members (excludes halogenated alkanes) is 1. The van der Waals surface area contributed by atoms with E-state index in [-0.39, 0.29) is 0 Å². The fourth-order valence-corrected chi connectivity index (χ4v) is 2.83. The Morgan fingerprint density at radius 1 is 1.20 bits per heavy atom. The number of nitrogens with one attached hydrogen (secondary N) is 2. The van der Waals surface area contributed by atoms with E-state index in [1.165, 1.54) is 25.7 Å². The quantitative estimate of drug-likeness (QED) is 0.513. The number of nitrogens with zero attached hydrogens (tertiary/aromatic N) is 4. The van der Waals surface area contributed by atoms with Crippen molar-refractivity contribution in [3.63, 3.8) is 0 Å². The lowest BCUT2D eigenvalue weighted by atomic mass is 10.00. The number of hydrogen-bond acceptors (Lipinski definition) is 3. The summed E-state index contributed by atoms with van der Waals surface area (Å²) in [6.07, 6.45) is 7.81. The van der Waals surface area contributed by atoms with Crippen molar-refractivity contribution in [1.29, 1.82) is 0 Å². The van der Waals surface area contributed by atoms with E-state index in [4.69, 9.17) is 4.99 Å². The lowest BCUT2D eigenvalue weighted by molar-refractivity contribution is 0.461. The third-order valence-electron chi connectivity index (χ3n) is 4.42. The predicted octanol–water partition coefficient (Wildman–Crippen LogP) is 3.04. The molecule has 0 saturated carbocycles. The summed E-state index contributed by atoms with van der Waals surface area (Å²) in [5.41, 5.74) is 0.889. The van der Waals surface area contributed by atoms with Crippen LogP contribution in [0.4, 0.5) is 0 Å². The van der Waals surface area contributed by atoms with E-state index in [1.54, 1.807) is 0 Å². The van der Waals surface area contributed by atoms with E-state index in [1.807, 2.05) is 28.8 Å². The highest BCUT2D eigenvalue weighted by molar-refractivity contribution is 5.79. The van der Waals surface area contributed by atoms with E-state index in [0.717, 1.165) is 43.5 Å². The number of aromatic nitrogens is 3. The van der Waals surface area contributed by atoms with Gasteiger partial charge in [0.2, 0.25) is 0 Å². The van der Waals surface area contributed by atoms with Gasteiger partial charge in [0.15, 0.2) is 11.6 Å². The molecule has 0 bridgehead atoms. The maximum absolute atomic E-state index is 4.77. The van der Waals surface area contributed by atoms with Gasteiger partial charge in [-0.25, -0.2) is 0 Å². The lowest BCUT2D eigenvalue weighted by Gasteiger charge is -2.15. The van der Waals surface area contributed by atoms with Gasteiger partial charge in [-0.2, -0.15) is 0 Å². The van der Waals surface area contributed by atoms with Gasteiger partial charge in [0, 0.05) is 32.3 Å². The highest BCUT2D eigenvalue weighted by Crippen LogP contribution is 2.12. The maximum atomic E-state index is 4.77. The van der Waals surface area contributed by atoms with Gasteiger partial charge in [-0.1, -0.05) is 39.2 Å². The second-order valence-corrected chi connectivity index (χ2v) is 6.36. The van der Waals surface area contributed by atoms with Crippen molar-refractivity contribution in [3.8, 4) is 0 Å². The van der Waals surface area contributed by atoms with Crippen LogP contribution in [0, 0.1) is 5.92 Å². The van der Waals surface area contributed by atoms with Crippen LogP contribution in [-0.2, 0) is 6.42 Å². The highest BCUT2D eigenvalue weighted by atomic mass is 15.2. The van der Waals surface area contributed by atoms with E-state index in [2.05, 4.69) is 41.6 Å². The summed E-state index contributed by atoms with van der Waals surface area (Å²) in [5.74, 6) is 2.54. The number of rotatable bonds is 10. The zero-order valence-electron chi connectivity index (χ0n) is 15.8. The van der Waals surface area contributed by atoms with Gasteiger partial charge >= 0.3 is 0 Å². The zero-order valence-corrected chi connectivity index (χ0v) is 15.8. The van der Waals surface area contributed by atoms with Crippen LogP contribution >= 0.6 is 0 Å². The fourth-order valence-electron chi connectivity index (χ4n) is 2.83. The van der Waals surface area contributed by atoms with E-state index >= 15 is 0 Å². The maximum Gasteiger partial charge on any atom is 0.191 e. The summed E-state index contributed by atoms with van der Waals surface area (Å²) >= 11 is 0. The Balaban J connectivity index is 1.87. The summed E-state index contributed by atoms with van der Waals surface area (Å²) in [4.78, 5) is 4.77. The van der Waals surface area contributed by atoms with Gasteiger partial charge < -0.3 is 10.6 Å². The molecule has 0 saturated heterocycles. The van der Waals surface area contributed by atoms with E-state index in [9.17, 15) is 0 Å². The molecule has 2 aromatic heterocycles. The van der Waals surface area contributed by atoms with Crippen LogP contribution in [0.5, 0.6) is 0 Å². The average Bonchev–Trinajstić information content (AvgIpc) is 3.05. The normalized spacial score (nSPS) is 13.2. The van der Waals surface area contributed by atoms with Crippen LogP contribution in [0.1, 0.15) is 52.3 Å². The topological polar surface area (TPSA) is 66.6 Å². The molecule has 0 aliphatic heterocycles. The molecule has 2 rings (SSSR count). The Kier molecular flexibility index (Phi) is 8.22. The molecule has 0 spiro atoms. The van der Waals surface area contributed by atoms with Crippen molar-refractivity contribution >= 4 is 11.6 Å². The molecule has 6 nitrogen and oxygen atoms in total. The van der Waals surface area contributed by atoms with Crippen LogP contribution in [-0.4, -0.2) is 40.2 Å². The van der Waals surface area contributed by atoms with Crippen molar-refractivity contribution in [1.82, 2.24) is 25.2 Å². The highest BCUT2D eigenvalue weighted by Gasteiger charge is 2.07. The van der Waals surface area contributed by atoms with Gasteiger partial charge in [-0.15, -0.1) is 10.2 Å². The molecule has 0 radical (unpaired) electrons. The molecule has 0 aromatic carbocycles. The van der Waals surface area contributed by atoms with Crippen molar-refractivity contribution in [2.75, 3.05) is 19.6 Å². The molecule has 0 fully saturated rings. The van der Waals surface area contributed by atoms with Crippen LogP contribution < -0.4 is 10.6 Å². The predicted molar refractivity (Wildman–Crippen MR) is 104 cm³/mol. The van der Waals surface area contributed by atoms with E-state index in [0.29, 0.717) is 5.92 Å². The molecule has 1 unspecified atom stereocenters. The smallest absolute Gasteiger partial charge is 0.191 e. The Morgan fingerprint density at radius 3 is 2.84 bits per heavy atom. The van der Waals surface area contributed by atoms with Gasteiger partial charge in [-0.05, 0) is 31.4 Å². The molecule has 25 heavy (non-hydrogen) atoms. The number of aliphatic imine (C=N–C) groups is 1. The Labute approximate surface area is 151 Å². The van der Waals surface area contributed by atoms with Gasteiger partial charge in [0.05, 0.1) is 0 Å². The van der Waals surface area contributed by atoms with Crippen molar-refractivity contribution in [2.24, 2.45) is 10.9 Å². The minimum Gasteiger partial charge on any atom is -0.357 e. The van der Waals surface area contributed by atoms with E-state index < -0.39 is 0 Å². The summed E-state index contributed by atoms with van der Waals surface area (Å²) in [6, 6.07) is 5.95.